The highest BCUT2D eigenvalue weighted by Gasteiger charge is 2.14. The monoisotopic (exact) mass is 392 g/mol. The van der Waals surface area contributed by atoms with Gasteiger partial charge in [-0.2, -0.15) is 0 Å². The Balaban J connectivity index is 1.49. The molecule has 0 aliphatic rings. The molecule has 0 unspecified atom stereocenters. The number of aromatic nitrogens is 3. The number of carbonyl (C=O) groups excluding carboxylic acids is 1. The van der Waals surface area contributed by atoms with Gasteiger partial charge in [-0.05, 0) is 48.9 Å². The van der Waals surface area contributed by atoms with Gasteiger partial charge < -0.3 is 9.88 Å². The predicted molar refractivity (Wildman–Crippen MR) is 121 cm³/mol. The maximum atomic E-state index is 13.0. The second-order valence-corrected chi connectivity index (χ2v) is 7.37. The van der Waals surface area contributed by atoms with Crippen molar-refractivity contribution in [1.29, 1.82) is 0 Å². The van der Waals surface area contributed by atoms with Gasteiger partial charge in [0.05, 0.1) is 11.2 Å². The third-order valence-corrected chi connectivity index (χ3v) is 5.52. The smallest absolute Gasteiger partial charge is 0.255 e. The summed E-state index contributed by atoms with van der Waals surface area (Å²) in [6.45, 7) is 1.99. The van der Waals surface area contributed by atoms with Gasteiger partial charge in [0.1, 0.15) is 6.33 Å². The van der Waals surface area contributed by atoms with Crippen molar-refractivity contribution in [3.05, 3.63) is 90.4 Å². The van der Waals surface area contributed by atoms with Crippen LogP contribution in [0, 0.1) is 6.92 Å². The highest BCUT2D eigenvalue weighted by atomic mass is 16.1. The molecule has 0 fully saturated rings. The summed E-state index contributed by atoms with van der Waals surface area (Å²) in [4.78, 5) is 21.8. The maximum Gasteiger partial charge on any atom is 0.255 e. The van der Waals surface area contributed by atoms with Crippen molar-refractivity contribution in [2.24, 2.45) is 7.05 Å². The van der Waals surface area contributed by atoms with Crippen LogP contribution in [0.15, 0.2) is 79.3 Å². The lowest BCUT2D eigenvalue weighted by molar-refractivity contribution is 0.102. The normalized spacial score (nSPS) is 11.1. The molecule has 1 N–H and O–H groups in total. The molecule has 0 saturated heterocycles. The topological polar surface area (TPSA) is 59.8 Å². The molecule has 0 radical (unpaired) electrons. The maximum absolute atomic E-state index is 13.0. The molecule has 146 valence electrons. The Morgan fingerprint density at radius 3 is 2.70 bits per heavy atom. The van der Waals surface area contributed by atoms with Crippen molar-refractivity contribution in [2.45, 2.75) is 6.92 Å². The third kappa shape index (κ3) is 3.01. The molecule has 0 aliphatic heterocycles. The number of benzene rings is 3. The van der Waals surface area contributed by atoms with Gasteiger partial charge in [0.15, 0.2) is 0 Å². The van der Waals surface area contributed by atoms with Gasteiger partial charge in [0, 0.05) is 46.3 Å². The summed E-state index contributed by atoms with van der Waals surface area (Å²) in [6, 6.07) is 21.6. The Morgan fingerprint density at radius 2 is 1.80 bits per heavy atom. The molecule has 1 amide bonds. The molecule has 2 aromatic heterocycles. The van der Waals surface area contributed by atoms with E-state index >= 15 is 0 Å². The van der Waals surface area contributed by atoms with Crippen LogP contribution in [0.4, 0.5) is 5.69 Å². The van der Waals surface area contributed by atoms with E-state index in [2.05, 4.69) is 19.9 Å². The molecule has 0 atom stereocenters. The molecular formula is C25H20N4O. The van der Waals surface area contributed by atoms with Gasteiger partial charge in [0.2, 0.25) is 0 Å². The summed E-state index contributed by atoms with van der Waals surface area (Å²) >= 11 is 0. The number of rotatable bonds is 3. The Morgan fingerprint density at radius 1 is 0.933 bits per heavy atom. The fourth-order valence-electron chi connectivity index (χ4n) is 3.92. The number of para-hydroxylation sites is 1. The van der Waals surface area contributed by atoms with Crippen molar-refractivity contribution in [3.63, 3.8) is 0 Å². The first kappa shape index (κ1) is 18.1. The van der Waals surface area contributed by atoms with Crippen molar-refractivity contribution in [1.82, 2.24) is 14.5 Å². The van der Waals surface area contributed by atoms with Gasteiger partial charge in [-0.25, -0.2) is 9.97 Å². The third-order valence-electron chi connectivity index (χ3n) is 5.52. The number of hydrogen-bond acceptors (Lipinski definition) is 3. The lowest BCUT2D eigenvalue weighted by atomic mass is 10.0. The predicted octanol–water partition coefficient (Wildman–Crippen LogP) is 5.35. The van der Waals surface area contributed by atoms with Gasteiger partial charge in [-0.1, -0.05) is 30.3 Å². The van der Waals surface area contributed by atoms with Crippen molar-refractivity contribution >= 4 is 33.4 Å². The van der Waals surface area contributed by atoms with E-state index < -0.39 is 0 Å². The van der Waals surface area contributed by atoms with Crippen molar-refractivity contribution in [3.8, 4) is 11.3 Å². The summed E-state index contributed by atoms with van der Waals surface area (Å²) < 4.78 is 2.06. The summed E-state index contributed by atoms with van der Waals surface area (Å²) in [5, 5.41) is 5.11. The zero-order chi connectivity index (χ0) is 20.7. The van der Waals surface area contributed by atoms with E-state index in [-0.39, 0.29) is 5.91 Å². The van der Waals surface area contributed by atoms with E-state index in [9.17, 15) is 4.79 Å². The average Bonchev–Trinajstić information content (AvgIpc) is 3.15. The first-order valence-corrected chi connectivity index (χ1v) is 9.78. The number of anilines is 1. The minimum absolute atomic E-state index is 0.122. The molecule has 0 spiro atoms. The zero-order valence-electron chi connectivity index (χ0n) is 16.8. The fourth-order valence-corrected chi connectivity index (χ4v) is 3.92. The van der Waals surface area contributed by atoms with Crippen LogP contribution in [-0.4, -0.2) is 20.4 Å². The molecule has 5 nitrogen and oxygen atoms in total. The van der Waals surface area contributed by atoms with Crippen LogP contribution in [0.1, 0.15) is 15.9 Å². The van der Waals surface area contributed by atoms with Crippen molar-refractivity contribution < 1.29 is 4.79 Å². The number of nitrogens with one attached hydrogen (secondary N) is 1. The number of aryl methyl sites for hydroxylation is 2. The van der Waals surface area contributed by atoms with Crippen LogP contribution in [0.2, 0.25) is 0 Å². The summed E-state index contributed by atoms with van der Waals surface area (Å²) in [5.74, 6) is -0.122. The van der Waals surface area contributed by atoms with E-state index in [1.807, 2.05) is 86.9 Å². The van der Waals surface area contributed by atoms with Crippen LogP contribution in [0.25, 0.3) is 33.1 Å². The minimum Gasteiger partial charge on any atom is -0.351 e. The van der Waals surface area contributed by atoms with Crippen LogP contribution in [0.3, 0.4) is 0 Å². The number of carbonyl (C=O) groups is 1. The molecule has 5 heteroatoms. The molecule has 30 heavy (non-hydrogen) atoms. The largest absolute Gasteiger partial charge is 0.351 e. The summed E-state index contributed by atoms with van der Waals surface area (Å²) in [6.07, 6.45) is 3.58. The van der Waals surface area contributed by atoms with E-state index in [0.717, 1.165) is 44.3 Å². The van der Waals surface area contributed by atoms with E-state index in [4.69, 9.17) is 0 Å². The van der Waals surface area contributed by atoms with Gasteiger partial charge in [0.25, 0.3) is 5.91 Å². The SMILES string of the molecule is Cc1c(C(=O)Nc2cccc(-c3ncnc4ccccc34)c2)ccc2c1ccn2C. The van der Waals surface area contributed by atoms with E-state index in [0.29, 0.717) is 5.56 Å². The van der Waals surface area contributed by atoms with Crippen LogP contribution in [-0.2, 0) is 7.05 Å². The van der Waals surface area contributed by atoms with Gasteiger partial charge >= 0.3 is 0 Å². The minimum atomic E-state index is -0.122. The van der Waals surface area contributed by atoms with Crippen LogP contribution >= 0.6 is 0 Å². The Labute approximate surface area is 174 Å². The lowest BCUT2D eigenvalue weighted by Gasteiger charge is -2.11. The quantitative estimate of drug-likeness (QED) is 0.450. The molecule has 3 aromatic carbocycles. The number of fused-ring (bicyclic) bond motifs is 2. The molecule has 5 rings (SSSR count). The second kappa shape index (κ2) is 7.12. The Hall–Kier alpha value is -3.99. The molecule has 0 aliphatic carbocycles. The molecule has 0 saturated carbocycles. The number of amides is 1. The van der Waals surface area contributed by atoms with Crippen LogP contribution in [0.5, 0.6) is 0 Å². The summed E-state index contributed by atoms with van der Waals surface area (Å²) in [5.41, 5.74) is 6.16. The first-order valence-electron chi connectivity index (χ1n) is 9.78. The summed E-state index contributed by atoms with van der Waals surface area (Å²) in [7, 11) is 2.00. The van der Waals surface area contributed by atoms with Crippen LogP contribution < -0.4 is 5.32 Å². The molecular weight excluding hydrogens is 372 g/mol. The first-order chi connectivity index (χ1) is 14.6. The zero-order valence-corrected chi connectivity index (χ0v) is 16.8. The van der Waals surface area contributed by atoms with E-state index in [1.54, 1.807) is 6.33 Å². The highest BCUT2D eigenvalue weighted by molar-refractivity contribution is 6.08. The van der Waals surface area contributed by atoms with Gasteiger partial charge in [-0.3, -0.25) is 4.79 Å². The molecule has 0 bridgehead atoms. The Kier molecular flexibility index (Phi) is 4.29. The number of nitrogens with zero attached hydrogens (tertiary/aromatic N) is 3. The average molecular weight is 392 g/mol. The fraction of sp³-hybridized carbons (Fsp3) is 0.0800. The Bertz CT molecular complexity index is 1410. The number of hydrogen-bond donors (Lipinski definition) is 1. The molecule has 2 heterocycles. The highest BCUT2D eigenvalue weighted by Crippen LogP contribution is 2.28. The molecule has 5 aromatic rings. The lowest BCUT2D eigenvalue weighted by Crippen LogP contribution is -2.13. The second-order valence-electron chi connectivity index (χ2n) is 7.37. The van der Waals surface area contributed by atoms with Gasteiger partial charge in [-0.15, -0.1) is 0 Å². The standard InChI is InChI=1S/C25H20N4O/c1-16-19-12-13-29(2)23(19)11-10-20(16)25(30)28-18-7-5-6-17(14-18)24-21-8-3-4-9-22(21)26-15-27-24/h3-15H,1-2H3,(H,28,30). The van der Waals surface area contributed by atoms with Crippen molar-refractivity contribution in [2.75, 3.05) is 5.32 Å². The van der Waals surface area contributed by atoms with E-state index in [1.165, 1.54) is 0 Å².